The largest absolute Gasteiger partial charge is 0.502 e. The van der Waals surface area contributed by atoms with Crippen molar-refractivity contribution in [2.24, 2.45) is 0 Å². The quantitative estimate of drug-likeness (QED) is 0.208. The van der Waals surface area contributed by atoms with Crippen molar-refractivity contribution in [3.05, 3.63) is 118 Å². The molecule has 1 heterocycles. The highest BCUT2D eigenvalue weighted by molar-refractivity contribution is 7.91. The Morgan fingerprint density at radius 3 is 2.10 bits per heavy atom. The zero-order valence-corrected chi connectivity index (χ0v) is 24.0. The lowest BCUT2D eigenvalue weighted by atomic mass is 9.74. The van der Waals surface area contributed by atoms with Gasteiger partial charge in [-0.3, -0.25) is 0 Å². The van der Waals surface area contributed by atoms with Gasteiger partial charge in [0.25, 0.3) is 5.69 Å². The van der Waals surface area contributed by atoms with Crippen LogP contribution >= 0.6 is 0 Å². The van der Waals surface area contributed by atoms with Crippen molar-refractivity contribution < 1.29 is 17.9 Å². The molecular formula is C33H36NO5S+. The summed E-state index contributed by atoms with van der Waals surface area (Å²) in [5, 5.41) is 11.5. The SMILES string of the molecule is CCC(CC)(Cc1ccccc1)c1cc(O)c([N+](C)(c2ccccc2)S(=O)(=O)c2cccc(C3CC3)c2)c(=O)o1. The highest BCUT2D eigenvalue weighted by Gasteiger charge is 2.49. The molecule has 4 aromatic rings. The Balaban J connectivity index is 1.69. The summed E-state index contributed by atoms with van der Waals surface area (Å²) < 4.78 is 34.0. The van der Waals surface area contributed by atoms with Crippen molar-refractivity contribution in [3.8, 4) is 5.75 Å². The van der Waals surface area contributed by atoms with Gasteiger partial charge >= 0.3 is 15.6 Å². The van der Waals surface area contributed by atoms with E-state index in [4.69, 9.17) is 4.42 Å². The zero-order chi connectivity index (χ0) is 28.5. The summed E-state index contributed by atoms with van der Waals surface area (Å²) in [5.74, 6) is 0.295. The monoisotopic (exact) mass is 558 g/mol. The first-order valence-corrected chi connectivity index (χ1v) is 15.3. The average molecular weight is 559 g/mol. The number of hydrogen-bond acceptors (Lipinski definition) is 5. The van der Waals surface area contributed by atoms with Crippen LogP contribution in [0.3, 0.4) is 0 Å². The first kappa shape index (κ1) is 27.9. The van der Waals surface area contributed by atoms with Crippen molar-refractivity contribution in [1.29, 1.82) is 0 Å². The van der Waals surface area contributed by atoms with Gasteiger partial charge in [0.2, 0.25) is 0 Å². The molecule has 0 amide bonds. The third kappa shape index (κ3) is 4.78. The predicted octanol–water partition coefficient (Wildman–Crippen LogP) is 7.18. The van der Waals surface area contributed by atoms with Crippen LogP contribution in [0.25, 0.3) is 0 Å². The third-order valence-electron chi connectivity index (χ3n) is 8.53. The molecule has 6 nitrogen and oxygen atoms in total. The minimum Gasteiger partial charge on any atom is -0.502 e. The molecule has 0 spiro atoms. The molecule has 1 unspecified atom stereocenters. The Labute approximate surface area is 236 Å². The maximum atomic E-state index is 14.5. The van der Waals surface area contributed by atoms with Crippen LogP contribution in [0.5, 0.6) is 5.75 Å². The maximum Gasteiger partial charge on any atom is 0.403 e. The number of rotatable bonds is 10. The molecule has 208 valence electrons. The van der Waals surface area contributed by atoms with Crippen molar-refractivity contribution in [2.75, 3.05) is 7.05 Å². The van der Waals surface area contributed by atoms with Gasteiger partial charge in [0.05, 0.1) is 7.05 Å². The van der Waals surface area contributed by atoms with E-state index in [1.807, 2.05) is 50.2 Å². The van der Waals surface area contributed by atoms with Crippen LogP contribution in [0.4, 0.5) is 11.4 Å². The van der Waals surface area contributed by atoms with E-state index < -0.39 is 30.7 Å². The minimum atomic E-state index is -4.27. The fourth-order valence-electron chi connectivity index (χ4n) is 5.71. The Hall–Kier alpha value is -3.68. The molecule has 0 bridgehead atoms. The molecule has 1 aromatic heterocycles. The number of benzene rings is 3. The number of hydrogen-bond donors (Lipinski definition) is 1. The number of nitrogens with zero attached hydrogens (tertiary/aromatic N) is 1. The normalized spacial score (nSPS) is 15.5. The van der Waals surface area contributed by atoms with Gasteiger partial charge in [-0.25, -0.2) is 4.79 Å². The van der Waals surface area contributed by atoms with Gasteiger partial charge in [0, 0.05) is 23.6 Å². The fourth-order valence-corrected chi connectivity index (χ4v) is 7.47. The average Bonchev–Trinajstić information content (AvgIpc) is 3.82. The lowest BCUT2D eigenvalue weighted by molar-refractivity contribution is 0.286. The molecule has 0 aliphatic heterocycles. The first-order chi connectivity index (χ1) is 19.2. The summed E-state index contributed by atoms with van der Waals surface area (Å²) in [6, 6.07) is 26.8. The number of para-hydroxylation sites is 1. The molecule has 0 saturated heterocycles. The Morgan fingerprint density at radius 1 is 0.900 bits per heavy atom. The number of quaternary nitrogens is 1. The van der Waals surface area contributed by atoms with E-state index in [1.165, 1.54) is 13.1 Å². The summed E-state index contributed by atoms with van der Waals surface area (Å²) in [4.78, 5) is 14.0. The van der Waals surface area contributed by atoms with Gasteiger partial charge in [-0.2, -0.15) is 8.42 Å². The van der Waals surface area contributed by atoms with Crippen molar-refractivity contribution in [2.45, 2.75) is 62.2 Å². The van der Waals surface area contributed by atoms with Crippen LogP contribution in [-0.2, 0) is 21.9 Å². The Morgan fingerprint density at radius 2 is 1.52 bits per heavy atom. The molecule has 1 aliphatic rings. The maximum absolute atomic E-state index is 14.5. The van der Waals surface area contributed by atoms with Crippen molar-refractivity contribution >= 4 is 21.4 Å². The molecule has 1 fully saturated rings. The molecule has 1 N–H and O–H groups in total. The summed E-state index contributed by atoms with van der Waals surface area (Å²) in [6.45, 7) is 4.05. The minimum absolute atomic E-state index is 0.0895. The van der Waals surface area contributed by atoms with E-state index in [2.05, 4.69) is 0 Å². The standard InChI is InChI=1S/C33H35NO5S/c1-4-33(5-2,23-24-13-8-6-9-14-24)30-22-29(35)31(32(36)39-30)34(3,27-16-10-7-11-17-27)40(37,38)28-18-12-15-26(21-28)25-19-20-25/h6-18,21-22,25H,4-5,19-20,23H2,1-3H3/p+1. The van der Waals surface area contributed by atoms with E-state index >= 15 is 0 Å². The molecule has 0 radical (unpaired) electrons. The van der Waals surface area contributed by atoms with E-state index in [9.17, 15) is 18.3 Å². The van der Waals surface area contributed by atoms with Crippen LogP contribution < -0.4 is 9.51 Å². The van der Waals surface area contributed by atoms with Crippen LogP contribution in [0, 0.1) is 0 Å². The molecule has 1 aliphatic carbocycles. The van der Waals surface area contributed by atoms with Crippen LogP contribution in [-0.4, -0.2) is 20.6 Å². The third-order valence-corrected chi connectivity index (χ3v) is 10.7. The van der Waals surface area contributed by atoms with Gasteiger partial charge in [-0.1, -0.05) is 74.5 Å². The lowest BCUT2D eigenvalue weighted by Crippen LogP contribution is -2.48. The highest BCUT2D eigenvalue weighted by atomic mass is 32.2. The van der Waals surface area contributed by atoms with Crippen LogP contribution in [0.1, 0.15) is 62.3 Å². The summed E-state index contributed by atoms with van der Waals surface area (Å²) >= 11 is 0. The lowest BCUT2D eigenvalue weighted by Gasteiger charge is -2.33. The van der Waals surface area contributed by atoms with Crippen molar-refractivity contribution in [3.63, 3.8) is 0 Å². The zero-order valence-electron chi connectivity index (χ0n) is 23.2. The van der Waals surface area contributed by atoms with E-state index in [1.54, 1.807) is 48.5 Å². The summed E-state index contributed by atoms with van der Waals surface area (Å²) in [6.07, 6.45) is 3.99. The van der Waals surface area contributed by atoms with Gasteiger partial charge in [0.1, 0.15) is 10.7 Å². The second-order valence-electron chi connectivity index (χ2n) is 10.9. The van der Waals surface area contributed by atoms with Gasteiger partial charge in [0.15, 0.2) is 11.4 Å². The number of sulfonamides is 1. The Kier molecular flexibility index (Phi) is 7.46. The molecule has 1 saturated carbocycles. The molecular weight excluding hydrogens is 522 g/mol. The van der Waals surface area contributed by atoms with Gasteiger partial charge in [-0.15, -0.1) is 3.89 Å². The first-order valence-electron chi connectivity index (χ1n) is 13.9. The van der Waals surface area contributed by atoms with Crippen LogP contribution in [0.15, 0.2) is 105 Å². The van der Waals surface area contributed by atoms with Gasteiger partial charge in [-0.05, 0) is 61.3 Å². The molecule has 40 heavy (non-hydrogen) atoms. The van der Waals surface area contributed by atoms with Gasteiger partial charge < -0.3 is 9.52 Å². The predicted molar refractivity (Wildman–Crippen MR) is 158 cm³/mol. The topological polar surface area (TPSA) is 84.6 Å². The molecule has 5 rings (SSSR count). The molecule has 1 atom stereocenters. The van der Waals surface area contributed by atoms with E-state index in [-0.39, 0.29) is 10.6 Å². The van der Waals surface area contributed by atoms with Crippen molar-refractivity contribution in [1.82, 2.24) is 3.89 Å². The van der Waals surface area contributed by atoms with E-state index in [0.717, 1.165) is 24.0 Å². The number of aromatic hydroxyl groups is 1. The smallest absolute Gasteiger partial charge is 0.403 e. The summed E-state index contributed by atoms with van der Waals surface area (Å²) in [5.41, 5.74) is 0.597. The molecule has 7 heteroatoms. The summed E-state index contributed by atoms with van der Waals surface area (Å²) in [7, 11) is -2.84. The highest BCUT2D eigenvalue weighted by Crippen LogP contribution is 2.46. The van der Waals surface area contributed by atoms with E-state index in [0.29, 0.717) is 36.6 Å². The fraction of sp³-hybridized carbons (Fsp3) is 0.303. The molecule has 3 aromatic carbocycles. The second kappa shape index (κ2) is 10.7. The van der Waals surface area contributed by atoms with Crippen LogP contribution in [0.2, 0.25) is 0 Å². The second-order valence-corrected chi connectivity index (χ2v) is 13.0. The Bertz CT molecular complexity index is 1660.